The molecule has 0 aliphatic carbocycles. The third-order valence-corrected chi connectivity index (χ3v) is 7.07. The lowest BCUT2D eigenvalue weighted by Gasteiger charge is -2.27. The van der Waals surface area contributed by atoms with Crippen LogP contribution in [0.1, 0.15) is 30.0 Å². The average Bonchev–Trinajstić information content (AvgIpc) is 3.54. The summed E-state index contributed by atoms with van der Waals surface area (Å²) in [5.74, 6) is 0.666. The van der Waals surface area contributed by atoms with E-state index in [9.17, 15) is 4.79 Å². The maximum atomic E-state index is 13.2. The molecule has 4 heterocycles. The van der Waals surface area contributed by atoms with Gasteiger partial charge in [-0.15, -0.1) is 0 Å². The molecular formula is C25H26ClN5O2S. The zero-order chi connectivity index (χ0) is 23.5. The minimum atomic E-state index is -0.335. The fraction of sp³-hybridized carbons (Fsp3) is 0.360. The van der Waals surface area contributed by atoms with E-state index >= 15 is 0 Å². The van der Waals surface area contributed by atoms with Gasteiger partial charge in [-0.3, -0.25) is 14.7 Å². The van der Waals surface area contributed by atoms with E-state index in [4.69, 9.17) is 16.3 Å². The average molecular weight is 496 g/mol. The van der Waals surface area contributed by atoms with E-state index in [2.05, 4.69) is 31.2 Å². The number of ether oxygens (including phenoxy) is 1. The Labute approximate surface area is 208 Å². The van der Waals surface area contributed by atoms with Crippen molar-refractivity contribution < 1.29 is 9.53 Å². The highest BCUT2D eigenvalue weighted by molar-refractivity contribution is 7.98. The lowest BCUT2D eigenvalue weighted by molar-refractivity contribution is -0.126. The number of carbonyl (C=O) groups excluding carboxylic acids is 1. The topological polar surface area (TPSA) is 80.2 Å². The molecule has 0 saturated carbocycles. The molecular weight excluding hydrogens is 470 g/mol. The molecule has 0 unspecified atom stereocenters. The van der Waals surface area contributed by atoms with Gasteiger partial charge in [-0.25, -0.2) is 9.97 Å². The normalized spacial score (nSPS) is 18.4. The van der Waals surface area contributed by atoms with Crippen molar-refractivity contribution in [3.05, 3.63) is 65.1 Å². The molecule has 0 spiro atoms. The number of halogens is 1. The summed E-state index contributed by atoms with van der Waals surface area (Å²) in [5, 5.41) is 4.38. The number of hydrogen-bond acceptors (Lipinski definition) is 7. The van der Waals surface area contributed by atoms with Gasteiger partial charge in [-0.2, -0.15) is 0 Å². The summed E-state index contributed by atoms with van der Waals surface area (Å²) in [6.07, 6.45) is 9.92. The largest absolute Gasteiger partial charge is 0.486 e. The third kappa shape index (κ3) is 4.89. The molecule has 1 N–H and O–H groups in total. The summed E-state index contributed by atoms with van der Waals surface area (Å²) in [5.41, 5.74) is 3.69. The summed E-state index contributed by atoms with van der Waals surface area (Å²) in [4.78, 5) is 28.5. The number of benzene rings is 1. The molecule has 1 saturated heterocycles. The van der Waals surface area contributed by atoms with Crippen molar-refractivity contribution in [1.82, 2.24) is 25.2 Å². The number of aromatic nitrogens is 3. The monoisotopic (exact) mass is 495 g/mol. The van der Waals surface area contributed by atoms with Gasteiger partial charge in [0, 0.05) is 36.1 Å². The van der Waals surface area contributed by atoms with Gasteiger partial charge < -0.3 is 10.1 Å². The van der Waals surface area contributed by atoms with Gasteiger partial charge in [0.05, 0.1) is 17.3 Å². The molecule has 2 atom stereocenters. The van der Waals surface area contributed by atoms with Crippen molar-refractivity contribution >= 4 is 29.3 Å². The van der Waals surface area contributed by atoms with Gasteiger partial charge in [0.2, 0.25) is 5.91 Å². The van der Waals surface area contributed by atoms with Crippen molar-refractivity contribution in [3.63, 3.8) is 0 Å². The molecule has 1 aromatic carbocycles. The van der Waals surface area contributed by atoms with Crippen LogP contribution in [0.5, 0.6) is 5.75 Å². The van der Waals surface area contributed by atoms with E-state index in [1.54, 1.807) is 18.6 Å². The number of fused-ring (bicyclic) bond motifs is 1. The first-order chi connectivity index (χ1) is 16.6. The Bertz CT molecular complexity index is 1170. The van der Waals surface area contributed by atoms with Crippen LogP contribution in [0.15, 0.2) is 54.1 Å². The van der Waals surface area contributed by atoms with Crippen LogP contribution in [0.3, 0.4) is 0 Å². The van der Waals surface area contributed by atoms with Crippen molar-refractivity contribution in [1.29, 1.82) is 0 Å². The van der Waals surface area contributed by atoms with Crippen molar-refractivity contribution in [2.45, 2.75) is 36.6 Å². The van der Waals surface area contributed by atoms with Crippen LogP contribution in [0.25, 0.3) is 11.3 Å². The van der Waals surface area contributed by atoms with E-state index < -0.39 is 0 Å². The van der Waals surface area contributed by atoms with Gasteiger partial charge >= 0.3 is 0 Å². The Hall–Kier alpha value is -2.68. The Morgan fingerprint density at radius 3 is 2.91 bits per heavy atom. The highest BCUT2D eigenvalue weighted by atomic mass is 35.5. The first kappa shape index (κ1) is 23.1. The van der Waals surface area contributed by atoms with E-state index in [0.29, 0.717) is 28.9 Å². The zero-order valence-corrected chi connectivity index (χ0v) is 20.5. The minimum absolute atomic E-state index is 0.0215. The Morgan fingerprint density at radius 1 is 1.29 bits per heavy atom. The SMILES string of the molecule is CSc1nccc(-c2cc(Cl)c3c(c2)C[C@@H](CNC(=O)[C@H](c2cccnc2)N2CCCC2)O3)n1. The number of pyridine rings is 1. The molecule has 0 radical (unpaired) electrons. The molecule has 1 amide bonds. The molecule has 7 nitrogen and oxygen atoms in total. The van der Waals surface area contributed by atoms with Gasteiger partial charge in [0.25, 0.3) is 0 Å². The molecule has 9 heteroatoms. The summed E-state index contributed by atoms with van der Waals surface area (Å²) < 4.78 is 6.13. The van der Waals surface area contributed by atoms with Crippen LogP contribution < -0.4 is 10.1 Å². The number of carbonyl (C=O) groups is 1. The summed E-state index contributed by atoms with van der Waals surface area (Å²) in [6.45, 7) is 2.24. The molecule has 0 bridgehead atoms. The summed E-state index contributed by atoms with van der Waals surface area (Å²) >= 11 is 8.07. The summed E-state index contributed by atoms with van der Waals surface area (Å²) in [6, 6.07) is 9.33. The predicted molar refractivity (Wildman–Crippen MR) is 133 cm³/mol. The quantitative estimate of drug-likeness (QED) is 0.389. The Morgan fingerprint density at radius 2 is 2.15 bits per heavy atom. The smallest absolute Gasteiger partial charge is 0.242 e. The molecule has 3 aromatic rings. The maximum absolute atomic E-state index is 13.2. The molecule has 1 fully saturated rings. The van der Waals surface area contributed by atoms with Gasteiger partial charge in [0.1, 0.15) is 17.9 Å². The zero-order valence-electron chi connectivity index (χ0n) is 18.9. The van der Waals surface area contributed by atoms with E-state index in [0.717, 1.165) is 48.3 Å². The third-order valence-electron chi connectivity index (χ3n) is 6.22. The number of hydrogen-bond donors (Lipinski definition) is 1. The van der Waals surface area contributed by atoms with Crippen molar-refractivity contribution in [2.75, 3.05) is 25.9 Å². The van der Waals surface area contributed by atoms with Gasteiger partial charge in [-0.1, -0.05) is 29.4 Å². The standard InChI is InChI=1S/C25H26ClN5O2S/c1-34-25-28-8-6-21(30-25)17-11-18-12-19(33-23(18)20(26)13-17)15-29-24(32)22(31-9-2-3-10-31)16-5-4-7-27-14-16/h4-8,11,13-14,19,22H,2-3,9-10,12,15H2,1H3,(H,29,32)/t19-,22-/m0/s1. The Balaban J connectivity index is 1.28. The molecule has 34 heavy (non-hydrogen) atoms. The molecule has 2 aromatic heterocycles. The van der Waals surface area contributed by atoms with Crippen LogP contribution in [0.2, 0.25) is 5.02 Å². The number of amides is 1. The number of likely N-dealkylation sites (tertiary alicyclic amines) is 1. The number of nitrogens with zero attached hydrogens (tertiary/aromatic N) is 4. The van der Waals surface area contributed by atoms with Crippen LogP contribution in [0.4, 0.5) is 0 Å². The second-order valence-electron chi connectivity index (χ2n) is 8.50. The second kappa shape index (κ2) is 10.3. The first-order valence-corrected chi connectivity index (χ1v) is 13.0. The number of nitrogens with one attached hydrogen (secondary N) is 1. The lowest BCUT2D eigenvalue weighted by atomic mass is 10.0. The van der Waals surface area contributed by atoms with Crippen molar-refractivity contribution in [2.24, 2.45) is 0 Å². The number of rotatable bonds is 7. The summed E-state index contributed by atoms with van der Waals surface area (Å²) in [7, 11) is 0. The van der Waals surface area contributed by atoms with Crippen LogP contribution >= 0.6 is 23.4 Å². The van der Waals surface area contributed by atoms with Crippen LogP contribution in [-0.4, -0.2) is 57.8 Å². The molecule has 176 valence electrons. The van der Waals surface area contributed by atoms with E-state index in [1.807, 2.05) is 30.5 Å². The highest BCUT2D eigenvalue weighted by Crippen LogP contribution is 2.39. The van der Waals surface area contributed by atoms with Crippen molar-refractivity contribution in [3.8, 4) is 17.0 Å². The predicted octanol–water partition coefficient (Wildman–Crippen LogP) is 4.17. The fourth-order valence-electron chi connectivity index (χ4n) is 4.63. The first-order valence-electron chi connectivity index (χ1n) is 11.4. The van der Waals surface area contributed by atoms with E-state index in [1.165, 1.54) is 11.8 Å². The maximum Gasteiger partial charge on any atom is 0.242 e. The molecule has 5 rings (SSSR count). The van der Waals surface area contributed by atoms with E-state index in [-0.39, 0.29) is 18.1 Å². The second-order valence-corrected chi connectivity index (χ2v) is 9.68. The van der Waals surface area contributed by atoms with Gasteiger partial charge in [0.15, 0.2) is 5.16 Å². The molecule has 2 aliphatic rings. The molecule has 2 aliphatic heterocycles. The highest BCUT2D eigenvalue weighted by Gasteiger charge is 2.32. The van der Waals surface area contributed by atoms with Gasteiger partial charge in [-0.05, 0) is 62.0 Å². The minimum Gasteiger partial charge on any atom is -0.486 e. The fourth-order valence-corrected chi connectivity index (χ4v) is 5.27. The Kier molecular flexibility index (Phi) is 6.99. The lowest BCUT2D eigenvalue weighted by Crippen LogP contribution is -2.42. The van der Waals surface area contributed by atoms with Crippen LogP contribution in [0, 0.1) is 0 Å². The number of thioether (sulfide) groups is 1. The van der Waals surface area contributed by atoms with Crippen LogP contribution in [-0.2, 0) is 11.2 Å².